The number of methoxy groups -OCH3 is 1. The van der Waals surface area contributed by atoms with E-state index in [4.69, 9.17) is 14.2 Å². The van der Waals surface area contributed by atoms with Gasteiger partial charge in [-0.1, -0.05) is 55.8 Å². The maximum atomic E-state index is 13.7. The molecule has 1 saturated carbocycles. The van der Waals surface area contributed by atoms with Crippen LogP contribution in [0.15, 0.2) is 53.6 Å². The average molecular weight is 477 g/mol. The second-order valence-electron chi connectivity index (χ2n) is 11.6. The largest absolute Gasteiger partial charge is 0.469 e. The molecule has 6 heteroatoms. The summed E-state index contributed by atoms with van der Waals surface area (Å²) in [7, 11) is 1.38. The molecule has 0 amide bonds. The van der Waals surface area contributed by atoms with Crippen LogP contribution < -0.4 is 0 Å². The zero-order valence-electron chi connectivity index (χ0n) is 20.9. The van der Waals surface area contributed by atoms with Crippen LogP contribution in [-0.4, -0.2) is 43.1 Å². The van der Waals surface area contributed by atoms with Crippen LogP contribution in [-0.2, 0) is 28.6 Å². The predicted molar refractivity (Wildman–Crippen MR) is 127 cm³/mol. The molecule has 2 aliphatic heterocycles. The van der Waals surface area contributed by atoms with E-state index < -0.39 is 40.3 Å². The topological polar surface area (TPSA) is 78.9 Å². The zero-order chi connectivity index (χ0) is 24.9. The Morgan fingerprint density at radius 1 is 1.11 bits per heavy atom. The van der Waals surface area contributed by atoms with Gasteiger partial charge in [0.2, 0.25) is 0 Å². The number of hydrogen-bond acceptors (Lipinski definition) is 6. The van der Waals surface area contributed by atoms with Gasteiger partial charge in [-0.05, 0) is 43.4 Å². The highest BCUT2D eigenvalue weighted by molar-refractivity contribution is 6.00. The minimum atomic E-state index is -0.976. The van der Waals surface area contributed by atoms with Crippen molar-refractivity contribution in [3.63, 3.8) is 0 Å². The molecule has 6 nitrogen and oxygen atoms in total. The molecule has 0 unspecified atom stereocenters. The molecule has 2 heterocycles. The smallest absolute Gasteiger partial charge is 0.316 e. The van der Waals surface area contributed by atoms with Gasteiger partial charge in [-0.15, -0.1) is 0 Å². The average Bonchev–Trinajstić information content (AvgIpc) is 3.43. The van der Waals surface area contributed by atoms with Crippen molar-refractivity contribution < 1.29 is 28.6 Å². The molecule has 1 aromatic rings. The number of allylic oxidation sites excluding steroid dienone is 2. The Morgan fingerprint density at radius 2 is 1.83 bits per heavy atom. The van der Waals surface area contributed by atoms with E-state index in [9.17, 15) is 14.4 Å². The van der Waals surface area contributed by atoms with Gasteiger partial charge in [0.15, 0.2) is 5.78 Å². The second kappa shape index (κ2) is 7.16. The van der Waals surface area contributed by atoms with Gasteiger partial charge in [0.25, 0.3) is 0 Å². The lowest BCUT2D eigenvalue weighted by atomic mass is 9.42. The molecule has 184 valence electrons. The maximum Gasteiger partial charge on any atom is 0.316 e. The van der Waals surface area contributed by atoms with Crippen molar-refractivity contribution in [3.05, 3.63) is 59.2 Å². The Kier molecular flexibility index (Phi) is 4.65. The summed E-state index contributed by atoms with van der Waals surface area (Å²) < 4.78 is 18.0. The van der Waals surface area contributed by atoms with Crippen LogP contribution >= 0.6 is 0 Å². The Morgan fingerprint density at radius 3 is 2.51 bits per heavy atom. The van der Waals surface area contributed by atoms with E-state index in [1.807, 2.05) is 32.0 Å². The van der Waals surface area contributed by atoms with Crippen molar-refractivity contribution >= 4 is 17.7 Å². The van der Waals surface area contributed by atoms with E-state index in [0.717, 1.165) is 12.0 Å². The van der Waals surface area contributed by atoms with Crippen molar-refractivity contribution in [1.29, 1.82) is 0 Å². The van der Waals surface area contributed by atoms with Crippen LogP contribution in [0.4, 0.5) is 0 Å². The number of benzene rings is 1. The SMILES string of the molecule is COC(=O)C[C@H]1[C@]2(C)C3=C(C)[C@H](c4ccccc4)C[C@H]3O[C@@H]2[C@@H]2OC(=O)[C@]3(C)C=CC(=O)[C@@]1(C)[C@@H]23. The summed E-state index contributed by atoms with van der Waals surface area (Å²) in [6, 6.07) is 10.4. The van der Waals surface area contributed by atoms with Gasteiger partial charge in [-0.2, -0.15) is 0 Å². The number of carbonyl (C=O) groups is 3. The highest BCUT2D eigenvalue weighted by Crippen LogP contribution is 2.72. The standard InChI is InChI=1S/C29H32O6/c1-15-17(16-9-7-6-8-10-16)13-18-22(15)29(4)19(14-21(31)33-5)28(3)20(30)11-12-27(2)24(28)23(25(29)34-18)35-26(27)32/h6-12,17-19,23-25H,13-14H2,1-5H3/t17-,18-,19-,23-,24+,25-,27-,28+,29-/m1/s1. The number of fused-ring (bicyclic) bond motifs is 4. The number of esters is 2. The lowest BCUT2D eigenvalue weighted by molar-refractivity contribution is -0.190. The molecule has 35 heavy (non-hydrogen) atoms. The molecule has 0 N–H and O–H groups in total. The summed E-state index contributed by atoms with van der Waals surface area (Å²) in [4.78, 5) is 39.7. The molecule has 3 fully saturated rings. The number of carbonyl (C=O) groups excluding carboxylic acids is 3. The summed E-state index contributed by atoms with van der Waals surface area (Å²) >= 11 is 0. The summed E-state index contributed by atoms with van der Waals surface area (Å²) in [5, 5.41) is 0. The lowest BCUT2D eigenvalue weighted by Gasteiger charge is -2.59. The van der Waals surface area contributed by atoms with E-state index in [-0.39, 0.29) is 36.2 Å². The first kappa shape index (κ1) is 22.7. The fourth-order valence-electron chi connectivity index (χ4n) is 8.62. The summed E-state index contributed by atoms with van der Waals surface area (Å²) in [5.41, 5.74) is 1.06. The molecule has 0 spiro atoms. The quantitative estimate of drug-likeness (QED) is 0.482. The maximum absolute atomic E-state index is 13.7. The molecule has 1 aromatic carbocycles. The Balaban J connectivity index is 1.57. The van der Waals surface area contributed by atoms with Crippen molar-refractivity contribution in [2.24, 2.45) is 28.1 Å². The van der Waals surface area contributed by atoms with Gasteiger partial charge in [-0.25, -0.2) is 0 Å². The van der Waals surface area contributed by atoms with Crippen LogP contribution in [0.2, 0.25) is 0 Å². The van der Waals surface area contributed by atoms with Gasteiger partial charge in [0.1, 0.15) is 12.2 Å². The molecular formula is C29H32O6. The summed E-state index contributed by atoms with van der Waals surface area (Å²) in [5.74, 6) is -1.34. The van der Waals surface area contributed by atoms with Gasteiger partial charge < -0.3 is 14.2 Å². The Bertz CT molecular complexity index is 1200. The molecule has 2 saturated heterocycles. The molecule has 0 aromatic heterocycles. The molecule has 3 aliphatic carbocycles. The fraction of sp³-hybridized carbons (Fsp3) is 0.552. The first-order valence-corrected chi connectivity index (χ1v) is 12.5. The third kappa shape index (κ3) is 2.61. The Labute approximate surface area is 205 Å². The number of rotatable bonds is 3. The first-order valence-electron chi connectivity index (χ1n) is 12.5. The van der Waals surface area contributed by atoms with Crippen molar-refractivity contribution in [2.75, 3.05) is 7.11 Å². The zero-order valence-corrected chi connectivity index (χ0v) is 20.9. The van der Waals surface area contributed by atoms with Crippen molar-refractivity contribution in [1.82, 2.24) is 0 Å². The van der Waals surface area contributed by atoms with Crippen molar-refractivity contribution in [2.45, 2.75) is 64.8 Å². The van der Waals surface area contributed by atoms with Gasteiger partial charge in [-0.3, -0.25) is 14.4 Å². The van der Waals surface area contributed by atoms with E-state index in [1.165, 1.54) is 24.3 Å². The summed E-state index contributed by atoms with van der Waals surface area (Å²) in [6.45, 7) is 8.05. The van der Waals surface area contributed by atoms with E-state index in [1.54, 1.807) is 6.08 Å². The Hall–Kier alpha value is -2.73. The molecule has 0 radical (unpaired) electrons. The van der Waals surface area contributed by atoms with Crippen molar-refractivity contribution in [3.8, 4) is 0 Å². The predicted octanol–water partition coefficient (Wildman–Crippen LogP) is 4.15. The monoisotopic (exact) mass is 476 g/mol. The minimum Gasteiger partial charge on any atom is -0.469 e. The van der Waals surface area contributed by atoms with Crippen LogP contribution in [0, 0.1) is 28.1 Å². The van der Waals surface area contributed by atoms with Gasteiger partial charge in [0, 0.05) is 22.7 Å². The molecule has 0 bridgehead atoms. The van der Waals surface area contributed by atoms with Crippen LogP contribution in [0.1, 0.15) is 52.0 Å². The molecule has 6 rings (SSSR count). The number of ether oxygens (including phenoxy) is 3. The number of hydrogen-bond donors (Lipinski definition) is 0. The van der Waals surface area contributed by atoms with E-state index >= 15 is 0 Å². The van der Waals surface area contributed by atoms with Gasteiger partial charge >= 0.3 is 11.9 Å². The molecule has 5 aliphatic rings. The third-order valence-corrected chi connectivity index (χ3v) is 10.2. The van der Waals surface area contributed by atoms with Crippen LogP contribution in [0.3, 0.4) is 0 Å². The van der Waals surface area contributed by atoms with E-state index in [0.29, 0.717) is 0 Å². The first-order chi connectivity index (χ1) is 16.6. The third-order valence-electron chi connectivity index (χ3n) is 10.2. The van der Waals surface area contributed by atoms with Crippen LogP contribution in [0.5, 0.6) is 0 Å². The fourth-order valence-corrected chi connectivity index (χ4v) is 8.62. The normalized spacial score (nSPS) is 45.2. The minimum absolute atomic E-state index is 0.0591. The van der Waals surface area contributed by atoms with E-state index in [2.05, 4.69) is 26.0 Å². The number of ketones is 1. The lowest BCUT2D eigenvalue weighted by Crippen LogP contribution is -2.66. The highest BCUT2D eigenvalue weighted by atomic mass is 16.6. The molecular weight excluding hydrogens is 444 g/mol. The second-order valence-corrected chi connectivity index (χ2v) is 11.6. The summed E-state index contributed by atoms with van der Waals surface area (Å²) in [6.07, 6.45) is 2.99. The van der Waals surface area contributed by atoms with Gasteiger partial charge in [0.05, 0.1) is 25.0 Å². The van der Waals surface area contributed by atoms with Crippen LogP contribution in [0.25, 0.3) is 0 Å². The molecule has 9 atom stereocenters. The highest BCUT2D eigenvalue weighted by Gasteiger charge is 2.77.